The molecule has 0 spiro atoms. The second-order valence-electron chi connectivity index (χ2n) is 7.13. The van der Waals surface area contributed by atoms with Crippen LogP contribution in [0.3, 0.4) is 0 Å². The molecule has 1 aliphatic rings. The molecule has 5 heteroatoms. The Morgan fingerprint density at radius 2 is 1.80 bits per heavy atom. The lowest BCUT2D eigenvalue weighted by molar-refractivity contribution is 0.0907. The number of piperidine rings is 1. The van der Waals surface area contributed by atoms with Crippen molar-refractivity contribution in [1.29, 1.82) is 0 Å². The van der Waals surface area contributed by atoms with Crippen molar-refractivity contribution in [2.24, 2.45) is 5.41 Å². The Hall–Kier alpha value is -1.59. The molecule has 1 aromatic carbocycles. The highest BCUT2D eigenvalue weighted by atomic mass is 16.3. The standard InChI is InChI=1S/C20H32N2O3/c1-3-20(4-2,11-14-23)15-21-19(25)16-5-7-17(8-6-16)22-12-9-18(24)10-13-22/h5-8,18,23-24H,3-4,9-15H2,1-2H3,(H,21,25). The molecule has 0 unspecified atom stereocenters. The van der Waals surface area contributed by atoms with Crippen LogP contribution in [-0.4, -0.2) is 48.5 Å². The van der Waals surface area contributed by atoms with Crippen molar-refractivity contribution >= 4 is 11.6 Å². The van der Waals surface area contributed by atoms with E-state index in [0.717, 1.165) is 44.5 Å². The first-order chi connectivity index (χ1) is 12.0. The predicted octanol–water partition coefficient (Wildman–Crippen LogP) is 2.57. The number of nitrogens with zero attached hydrogens (tertiary/aromatic N) is 1. The molecular formula is C20H32N2O3. The maximum Gasteiger partial charge on any atom is 0.251 e. The van der Waals surface area contributed by atoms with Crippen LogP contribution in [0.5, 0.6) is 0 Å². The summed E-state index contributed by atoms with van der Waals surface area (Å²) in [5, 5.41) is 21.9. The van der Waals surface area contributed by atoms with Gasteiger partial charge in [-0.3, -0.25) is 4.79 Å². The molecule has 25 heavy (non-hydrogen) atoms. The fraction of sp³-hybridized carbons (Fsp3) is 0.650. The largest absolute Gasteiger partial charge is 0.396 e. The maximum absolute atomic E-state index is 12.4. The van der Waals surface area contributed by atoms with Crippen LogP contribution in [0.15, 0.2) is 24.3 Å². The smallest absolute Gasteiger partial charge is 0.251 e. The van der Waals surface area contributed by atoms with Gasteiger partial charge in [0.05, 0.1) is 6.10 Å². The van der Waals surface area contributed by atoms with Gasteiger partial charge in [-0.15, -0.1) is 0 Å². The summed E-state index contributed by atoms with van der Waals surface area (Å²) >= 11 is 0. The van der Waals surface area contributed by atoms with Gasteiger partial charge in [0.1, 0.15) is 0 Å². The van der Waals surface area contributed by atoms with Crippen molar-refractivity contribution in [1.82, 2.24) is 5.32 Å². The van der Waals surface area contributed by atoms with E-state index in [-0.39, 0.29) is 24.0 Å². The monoisotopic (exact) mass is 348 g/mol. The first-order valence-corrected chi connectivity index (χ1v) is 9.45. The highest BCUT2D eigenvalue weighted by Crippen LogP contribution is 2.29. The minimum Gasteiger partial charge on any atom is -0.396 e. The molecule has 0 aliphatic carbocycles. The quantitative estimate of drug-likeness (QED) is 0.675. The van der Waals surface area contributed by atoms with E-state index in [4.69, 9.17) is 0 Å². The molecule has 0 atom stereocenters. The van der Waals surface area contributed by atoms with Gasteiger partial charge in [0.2, 0.25) is 0 Å². The van der Waals surface area contributed by atoms with Gasteiger partial charge in [0.15, 0.2) is 0 Å². The van der Waals surface area contributed by atoms with Crippen molar-refractivity contribution in [2.45, 2.75) is 52.1 Å². The topological polar surface area (TPSA) is 72.8 Å². The summed E-state index contributed by atoms with van der Waals surface area (Å²) in [6, 6.07) is 7.68. The summed E-state index contributed by atoms with van der Waals surface area (Å²) in [5.74, 6) is -0.0650. The molecule has 1 amide bonds. The van der Waals surface area contributed by atoms with Crippen LogP contribution in [0.2, 0.25) is 0 Å². The lowest BCUT2D eigenvalue weighted by Gasteiger charge is -2.32. The van der Waals surface area contributed by atoms with Crippen molar-refractivity contribution in [3.63, 3.8) is 0 Å². The molecule has 5 nitrogen and oxygen atoms in total. The maximum atomic E-state index is 12.4. The Balaban J connectivity index is 1.93. The zero-order chi connectivity index (χ0) is 18.3. The summed E-state index contributed by atoms with van der Waals surface area (Å²) < 4.78 is 0. The Morgan fingerprint density at radius 1 is 1.20 bits per heavy atom. The molecule has 0 saturated carbocycles. The summed E-state index contributed by atoms with van der Waals surface area (Å²) in [5.41, 5.74) is 1.73. The molecule has 2 rings (SSSR count). The normalized spacial score (nSPS) is 16.1. The van der Waals surface area contributed by atoms with Crippen molar-refractivity contribution in [3.8, 4) is 0 Å². The Bertz CT molecular complexity index is 532. The average molecular weight is 348 g/mol. The third-order valence-electron chi connectivity index (χ3n) is 5.73. The van der Waals surface area contributed by atoms with E-state index in [1.54, 1.807) is 0 Å². The third-order valence-corrected chi connectivity index (χ3v) is 5.73. The van der Waals surface area contributed by atoms with Gasteiger partial charge >= 0.3 is 0 Å². The Morgan fingerprint density at radius 3 is 2.32 bits per heavy atom. The molecule has 0 bridgehead atoms. The van der Waals surface area contributed by atoms with Crippen LogP contribution in [0.1, 0.15) is 56.3 Å². The first kappa shape index (κ1) is 19.7. The van der Waals surface area contributed by atoms with Gasteiger partial charge in [-0.25, -0.2) is 0 Å². The second kappa shape index (κ2) is 9.20. The minimum absolute atomic E-state index is 0.0288. The zero-order valence-corrected chi connectivity index (χ0v) is 15.5. The van der Waals surface area contributed by atoms with Gasteiger partial charge in [0, 0.05) is 37.5 Å². The minimum atomic E-state index is -0.183. The number of anilines is 1. The SMILES string of the molecule is CCC(CC)(CCO)CNC(=O)c1ccc(N2CCC(O)CC2)cc1. The zero-order valence-electron chi connectivity index (χ0n) is 15.5. The van der Waals surface area contributed by atoms with Crippen LogP contribution < -0.4 is 10.2 Å². The molecule has 1 aliphatic heterocycles. The van der Waals surface area contributed by atoms with E-state index in [1.807, 2.05) is 24.3 Å². The van der Waals surface area contributed by atoms with Gasteiger partial charge < -0.3 is 20.4 Å². The number of carbonyl (C=O) groups excluding carboxylic acids is 1. The van der Waals surface area contributed by atoms with E-state index in [9.17, 15) is 15.0 Å². The highest BCUT2D eigenvalue weighted by molar-refractivity contribution is 5.94. The first-order valence-electron chi connectivity index (χ1n) is 9.45. The molecule has 0 aromatic heterocycles. The number of rotatable bonds is 8. The van der Waals surface area contributed by atoms with Gasteiger partial charge in [-0.05, 0) is 61.8 Å². The van der Waals surface area contributed by atoms with Crippen molar-refractivity contribution in [3.05, 3.63) is 29.8 Å². The molecule has 1 fully saturated rings. The Labute approximate surface area is 151 Å². The Kier molecular flexibility index (Phi) is 7.26. The lowest BCUT2D eigenvalue weighted by atomic mass is 9.79. The second-order valence-corrected chi connectivity index (χ2v) is 7.13. The summed E-state index contributed by atoms with van der Waals surface area (Å²) in [7, 11) is 0. The van der Waals surface area contributed by atoms with Crippen LogP contribution in [-0.2, 0) is 0 Å². The average Bonchev–Trinajstić information content (AvgIpc) is 2.66. The van der Waals surface area contributed by atoms with Gasteiger partial charge in [-0.1, -0.05) is 13.8 Å². The number of aliphatic hydroxyl groups is 2. The van der Waals surface area contributed by atoms with Gasteiger partial charge in [0.25, 0.3) is 5.91 Å². The van der Waals surface area contributed by atoms with Crippen LogP contribution in [0.4, 0.5) is 5.69 Å². The molecule has 140 valence electrons. The summed E-state index contributed by atoms with van der Waals surface area (Å²) in [6.07, 6.45) is 3.98. The number of hydrogen-bond donors (Lipinski definition) is 3. The number of amides is 1. The molecule has 1 heterocycles. The number of nitrogens with one attached hydrogen (secondary N) is 1. The van der Waals surface area contributed by atoms with E-state index < -0.39 is 0 Å². The van der Waals surface area contributed by atoms with Crippen molar-refractivity contribution in [2.75, 3.05) is 31.1 Å². The fourth-order valence-corrected chi connectivity index (χ4v) is 3.50. The van der Waals surface area contributed by atoms with Crippen LogP contribution >= 0.6 is 0 Å². The lowest BCUT2D eigenvalue weighted by Crippen LogP contribution is -2.37. The molecule has 1 saturated heterocycles. The summed E-state index contributed by atoms with van der Waals surface area (Å²) in [4.78, 5) is 14.7. The van der Waals surface area contributed by atoms with Gasteiger partial charge in [-0.2, -0.15) is 0 Å². The fourth-order valence-electron chi connectivity index (χ4n) is 3.50. The summed E-state index contributed by atoms with van der Waals surface area (Å²) in [6.45, 7) is 6.65. The molecule has 3 N–H and O–H groups in total. The van der Waals surface area contributed by atoms with E-state index in [0.29, 0.717) is 18.5 Å². The van der Waals surface area contributed by atoms with Crippen molar-refractivity contribution < 1.29 is 15.0 Å². The molecule has 1 aromatic rings. The number of benzene rings is 1. The third kappa shape index (κ3) is 5.19. The van der Waals surface area contributed by atoms with Crippen LogP contribution in [0, 0.1) is 5.41 Å². The van der Waals surface area contributed by atoms with E-state index in [1.165, 1.54) is 0 Å². The predicted molar refractivity (Wildman–Crippen MR) is 101 cm³/mol. The molecular weight excluding hydrogens is 316 g/mol. The van der Waals surface area contributed by atoms with E-state index >= 15 is 0 Å². The van der Waals surface area contributed by atoms with Crippen LogP contribution in [0.25, 0.3) is 0 Å². The number of hydrogen-bond acceptors (Lipinski definition) is 4. The highest BCUT2D eigenvalue weighted by Gasteiger charge is 2.26. The number of carbonyl (C=O) groups is 1. The number of aliphatic hydroxyl groups excluding tert-OH is 2. The van der Waals surface area contributed by atoms with E-state index in [2.05, 4.69) is 24.1 Å². The molecule has 0 radical (unpaired) electrons.